The predicted molar refractivity (Wildman–Crippen MR) is 118 cm³/mol. The fourth-order valence-electron chi connectivity index (χ4n) is 3.13. The number of hydrogen-bond acceptors (Lipinski definition) is 6. The fraction of sp³-hybridized carbons (Fsp3) is 0.300. The molecule has 1 amide bonds. The van der Waals surface area contributed by atoms with Crippen molar-refractivity contribution in [2.24, 2.45) is 0 Å². The van der Waals surface area contributed by atoms with Gasteiger partial charge < -0.3 is 5.32 Å². The van der Waals surface area contributed by atoms with Gasteiger partial charge in [0.15, 0.2) is 0 Å². The zero-order chi connectivity index (χ0) is 20.8. The highest BCUT2D eigenvalue weighted by molar-refractivity contribution is 7.18. The van der Waals surface area contributed by atoms with E-state index in [1.807, 2.05) is 56.7 Å². The highest BCUT2D eigenvalue weighted by Gasteiger charge is 2.21. The molecule has 9 heteroatoms. The third kappa shape index (κ3) is 3.75. The fourth-order valence-corrected chi connectivity index (χ4v) is 4.85. The number of fused-ring (bicyclic) bond motifs is 1. The maximum atomic E-state index is 13.1. The number of anilines is 1. The third-order valence-corrected chi connectivity index (χ3v) is 6.19. The zero-order valence-corrected chi connectivity index (χ0v) is 18.2. The van der Waals surface area contributed by atoms with Crippen LogP contribution < -0.4 is 10.9 Å². The zero-order valence-electron chi connectivity index (χ0n) is 16.6. The number of carbonyl (C=O) groups excluding carboxylic acids is 1. The first kappa shape index (κ1) is 19.5. The number of nitrogens with one attached hydrogen (secondary N) is 1. The second-order valence-corrected chi connectivity index (χ2v) is 9.59. The van der Waals surface area contributed by atoms with Crippen molar-refractivity contribution in [3.05, 3.63) is 51.3 Å². The van der Waals surface area contributed by atoms with Crippen molar-refractivity contribution >= 4 is 44.6 Å². The molecule has 0 radical (unpaired) electrons. The van der Waals surface area contributed by atoms with Gasteiger partial charge in [0.25, 0.3) is 5.56 Å². The molecular formula is C20H21N5O2S2. The molecule has 0 saturated carbocycles. The van der Waals surface area contributed by atoms with Crippen molar-refractivity contribution in [1.29, 1.82) is 0 Å². The molecule has 150 valence electrons. The molecule has 0 aliphatic rings. The topological polar surface area (TPSA) is 81.8 Å². The van der Waals surface area contributed by atoms with E-state index in [-0.39, 0.29) is 23.6 Å². The van der Waals surface area contributed by atoms with Gasteiger partial charge in [-0.3, -0.25) is 14.2 Å². The molecule has 0 bridgehead atoms. The van der Waals surface area contributed by atoms with E-state index in [1.54, 1.807) is 16.0 Å². The van der Waals surface area contributed by atoms with E-state index in [4.69, 9.17) is 0 Å². The Labute approximate surface area is 175 Å². The Bertz CT molecular complexity index is 1240. The molecule has 4 aromatic heterocycles. The van der Waals surface area contributed by atoms with E-state index < -0.39 is 0 Å². The van der Waals surface area contributed by atoms with Gasteiger partial charge in [-0.25, -0.2) is 9.67 Å². The van der Waals surface area contributed by atoms with Gasteiger partial charge in [0.05, 0.1) is 22.9 Å². The van der Waals surface area contributed by atoms with Crippen LogP contribution in [0.15, 0.2) is 40.1 Å². The van der Waals surface area contributed by atoms with Crippen LogP contribution in [-0.4, -0.2) is 25.2 Å². The van der Waals surface area contributed by atoms with Crippen LogP contribution >= 0.6 is 22.7 Å². The first-order chi connectivity index (χ1) is 13.7. The molecule has 29 heavy (non-hydrogen) atoms. The van der Waals surface area contributed by atoms with Crippen LogP contribution in [-0.2, 0) is 16.9 Å². The summed E-state index contributed by atoms with van der Waals surface area (Å²) in [6.45, 7) is 7.80. The summed E-state index contributed by atoms with van der Waals surface area (Å²) in [7, 11) is 0. The number of aryl methyl sites for hydroxylation is 1. The van der Waals surface area contributed by atoms with Gasteiger partial charge in [0, 0.05) is 21.9 Å². The Hall–Kier alpha value is -2.78. The van der Waals surface area contributed by atoms with Crippen molar-refractivity contribution in [2.75, 3.05) is 5.32 Å². The third-order valence-electron chi connectivity index (χ3n) is 4.40. The van der Waals surface area contributed by atoms with Gasteiger partial charge in [-0.15, -0.1) is 22.7 Å². The molecule has 4 rings (SSSR count). The van der Waals surface area contributed by atoms with Gasteiger partial charge >= 0.3 is 0 Å². The van der Waals surface area contributed by atoms with Crippen molar-refractivity contribution < 1.29 is 4.79 Å². The SMILES string of the molecule is Cc1cc(NC(=O)Cn2cnc3scc(-c4cccs4)c3c2=O)n(C(C)(C)C)n1. The van der Waals surface area contributed by atoms with Gasteiger partial charge in [-0.2, -0.15) is 5.10 Å². The monoisotopic (exact) mass is 427 g/mol. The van der Waals surface area contributed by atoms with Crippen LogP contribution in [0.5, 0.6) is 0 Å². The Morgan fingerprint density at radius 2 is 2.07 bits per heavy atom. The smallest absolute Gasteiger partial charge is 0.263 e. The molecule has 4 aromatic rings. The summed E-state index contributed by atoms with van der Waals surface area (Å²) in [5.41, 5.74) is 1.19. The van der Waals surface area contributed by atoms with E-state index >= 15 is 0 Å². The predicted octanol–water partition coefficient (Wildman–Crippen LogP) is 4.09. The number of amides is 1. The molecule has 0 saturated heterocycles. The number of nitrogens with zero attached hydrogens (tertiary/aromatic N) is 4. The minimum atomic E-state index is -0.299. The van der Waals surface area contributed by atoms with Gasteiger partial charge in [0.1, 0.15) is 17.2 Å². The normalized spacial score (nSPS) is 11.9. The molecule has 0 unspecified atom stereocenters. The molecule has 0 fully saturated rings. The van der Waals surface area contributed by atoms with E-state index in [9.17, 15) is 9.59 Å². The van der Waals surface area contributed by atoms with Crippen LogP contribution in [0.2, 0.25) is 0 Å². The standard InChI is InChI=1S/C20H21N5O2S2/c1-12-8-15(25(23-12)20(2,3)4)22-16(26)9-24-11-21-18-17(19(24)27)13(10-29-18)14-6-5-7-28-14/h5-8,10-11H,9H2,1-4H3,(H,22,26). The van der Waals surface area contributed by atoms with Gasteiger partial charge in [0.2, 0.25) is 5.91 Å². The van der Waals surface area contributed by atoms with Crippen LogP contribution in [0, 0.1) is 6.92 Å². The summed E-state index contributed by atoms with van der Waals surface area (Å²) in [5.74, 6) is 0.309. The van der Waals surface area contributed by atoms with Gasteiger partial charge in [-0.1, -0.05) is 6.07 Å². The first-order valence-electron chi connectivity index (χ1n) is 9.11. The van der Waals surface area contributed by atoms with E-state index in [0.29, 0.717) is 16.0 Å². The molecule has 0 aliphatic carbocycles. The molecule has 4 heterocycles. The Balaban J connectivity index is 1.64. The molecule has 0 aromatic carbocycles. The van der Waals surface area contributed by atoms with Gasteiger partial charge in [-0.05, 0) is 39.1 Å². The summed E-state index contributed by atoms with van der Waals surface area (Å²) in [4.78, 5) is 31.8. The lowest BCUT2D eigenvalue weighted by Crippen LogP contribution is -2.30. The summed E-state index contributed by atoms with van der Waals surface area (Å²) in [6.07, 6.45) is 1.44. The minimum absolute atomic E-state index is 0.115. The molecular weight excluding hydrogens is 406 g/mol. The Morgan fingerprint density at radius 1 is 1.28 bits per heavy atom. The molecule has 0 spiro atoms. The van der Waals surface area contributed by atoms with Crippen LogP contribution in [0.4, 0.5) is 5.82 Å². The molecule has 1 N–H and O–H groups in total. The molecule has 0 atom stereocenters. The first-order valence-corrected chi connectivity index (χ1v) is 10.9. The lowest BCUT2D eigenvalue weighted by molar-refractivity contribution is -0.116. The van der Waals surface area contributed by atoms with Crippen molar-refractivity contribution in [3.8, 4) is 10.4 Å². The van der Waals surface area contributed by atoms with Crippen molar-refractivity contribution in [1.82, 2.24) is 19.3 Å². The van der Waals surface area contributed by atoms with E-state index in [1.165, 1.54) is 22.2 Å². The molecule has 7 nitrogen and oxygen atoms in total. The highest BCUT2D eigenvalue weighted by atomic mass is 32.1. The largest absolute Gasteiger partial charge is 0.309 e. The number of aromatic nitrogens is 4. The minimum Gasteiger partial charge on any atom is -0.309 e. The highest BCUT2D eigenvalue weighted by Crippen LogP contribution is 2.33. The van der Waals surface area contributed by atoms with E-state index in [2.05, 4.69) is 15.4 Å². The summed E-state index contributed by atoms with van der Waals surface area (Å²) >= 11 is 3.01. The van der Waals surface area contributed by atoms with Crippen molar-refractivity contribution in [2.45, 2.75) is 39.8 Å². The Morgan fingerprint density at radius 3 is 2.76 bits per heavy atom. The quantitative estimate of drug-likeness (QED) is 0.532. The number of rotatable bonds is 4. The van der Waals surface area contributed by atoms with Crippen LogP contribution in [0.1, 0.15) is 26.5 Å². The number of carbonyl (C=O) groups is 1. The van der Waals surface area contributed by atoms with Crippen LogP contribution in [0.25, 0.3) is 20.7 Å². The lowest BCUT2D eigenvalue weighted by atomic mass is 10.1. The second kappa shape index (κ2) is 7.23. The average Bonchev–Trinajstić information content (AvgIpc) is 3.36. The van der Waals surface area contributed by atoms with Crippen molar-refractivity contribution in [3.63, 3.8) is 0 Å². The maximum Gasteiger partial charge on any atom is 0.263 e. The average molecular weight is 428 g/mol. The summed E-state index contributed by atoms with van der Waals surface area (Å²) in [6, 6.07) is 5.75. The number of hydrogen-bond donors (Lipinski definition) is 1. The summed E-state index contributed by atoms with van der Waals surface area (Å²) in [5, 5.41) is 11.8. The molecule has 0 aliphatic heterocycles. The number of thiophene rings is 2. The second-order valence-electron chi connectivity index (χ2n) is 7.79. The lowest BCUT2D eigenvalue weighted by Gasteiger charge is -2.22. The Kier molecular flexibility index (Phi) is 4.87. The summed E-state index contributed by atoms with van der Waals surface area (Å²) < 4.78 is 3.13. The maximum absolute atomic E-state index is 13.1. The van der Waals surface area contributed by atoms with E-state index in [0.717, 1.165) is 16.1 Å². The van der Waals surface area contributed by atoms with Crippen LogP contribution in [0.3, 0.4) is 0 Å².